The van der Waals surface area contributed by atoms with Crippen molar-refractivity contribution in [3.05, 3.63) is 126 Å². The number of imidazole rings is 1. The Hall–Kier alpha value is -4.36. The van der Waals surface area contributed by atoms with E-state index >= 15 is 0 Å². The third-order valence-corrected chi connectivity index (χ3v) is 6.64. The van der Waals surface area contributed by atoms with Gasteiger partial charge in [0.05, 0.1) is 29.5 Å². The Kier molecular flexibility index (Phi) is 7.93. The van der Waals surface area contributed by atoms with Gasteiger partial charge < -0.3 is 9.30 Å². The number of carbonyl (C=O) groups excluding carboxylic acids is 1. The molecule has 1 aromatic heterocycles. The van der Waals surface area contributed by atoms with Crippen molar-refractivity contribution in [2.45, 2.75) is 18.3 Å². The third-order valence-electron chi connectivity index (χ3n) is 5.67. The fourth-order valence-corrected chi connectivity index (χ4v) is 4.62. The van der Waals surface area contributed by atoms with Crippen molar-refractivity contribution in [1.82, 2.24) is 15.0 Å². The molecule has 184 valence electrons. The van der Waals surface area contributed by atoms with Crippen LogP contribution >= 0.6 is 11.8 Å². The number of hydrogen-bond acceptors (Lipinski definition) is 5. The largest absolute Gasteiger partial charge is 0.489 e. The van der Waals surface area contributed by atoms with E-state index in [0.29, 0.717) is 13.2 Å². The molecule has 0 atom stereocenters. The van der Waals surface area contributed by atoms with Crippen LogP contribution in [0.4, 0.5) is 0 Å². The monoisotopic (exact) mass is 506 g/mol. The van der Waals surface area contributed by atoms with E-state index in [2.05, 4.69) is 33.3 Å². The van der Waals surface area contributed by atoms with Gasteiger partial charge in [0.25, 0.3) is 5.91 Å². The van der Waals surface area contributed by atoms with E-state index in [1.165, 1.54) is 17.3 Å². The molecular formula is C30H26N4O2S. The summed E-state index contributed by atoms with van der Waals surface area (Å²) in [7, 11) is 0. The Morgan fingerprint density at radius 2 is 1.54 bits per heavy atom. The van der Waals surface area contributed by atoms with Crippen molar-refractivity contribution in [1.29, 1.82) is 0 Å². The van der Waals surface area contributed by atoms with Gasteiger partial charge >= 0.3 is 0 Å². The Morgan fingerprint density at radius 1 is 0.865 bits per heavy atom. The van der Waals surface area contributed by atoms with E-state index in [-0.39, 0.29) is 11.7 Å². The van der Waals surface area contributed by atoms with Crippen molar-refractivity contribution in [2.24, 2.45) is 5.10 Å². The molecular weight excluding hydrogens is 480 g/mol. The lowest BCUT2D eigenvalue weighted by Crippen LogP contribution is -2.20. The van der Waals surface area contributed by atoms with Crippen molar-refractivity contribution >= 4 is 34.9 Å². The first-order chi connectivity index (χ1) is 18.2. The van der Waals surface area contributed by atoms with Gasteiger partial charge in [0.15, 0.2) is 5.16 Å². The van der Waals surface area contributed by atoms with Crippen LogP contribution < -0.4 is 10.2 Å². The first-order valence-corrected chi connectivity index (χ1v) is 12.9. The number of benzene rings is 4. The maximum atomic E-state index is 12.5. The molecule has 0 saturated heterocycles. The normalized spacial score (nSPS) is 11.1. The van der Waals surface area contributed by atoms with E-state index in [1.807, 2.05) is 91.0 Å². The highest BCUT2D eigenvalue weighted by molar-refractivity contribution is 7.99. The van der Waals surface area contributed by atoms with Crippen LogP contribution in [0.25, 0.3) is 11.0 Å². The molecule has 1 heterocycles. The van der Waals surface area contributed by atoms with Gasteiger partial charge in [-0.1, -0.05) is 84.6 Å². The van der Waals surface area contributed by atoms with Crippen LogP contribution in [-0.4, -0.2) is 27.4 Å². The van der Waals surface area contributed by atoms with E-state index in [4.69, 9.17) is 9.72 Å². The van der Waals surface area contributed by atoms with Crippen LogP contribution in [-0.2, 0) is 17.9 Å². The molecule has 4 aromatic carbocycles. The fraction of sp³-hybridized carbons (Fsp3) is 0.100. The number of thioether (sulfide) groups is 1. The zero-order chi connectivity index (χ0) is 25.3. The molecule has 0 fully saturated rings. The van der Waals surface area contributed by atoms with Gasteiger partial charge in [0.1, 0.15) is 12.4 Å². The predicted octanol–water partition coefficient (Wildman–Crippen LogP) is 5.91. The maximum absolute atomic E-state index is 12.5. The molecule has 37 heavy (non-hydrogen) atoms. The Labute approximate surface area is 220 Å². The van der Waals surface area contributed by atoms with Crippen molar-refractivity contribution in [3.8, 4) is 5.75 Å². The van der Waals surface area contributed by atoms with Gasteiger partial charge in [-0.05, 0) is 53.1 Å². The lowest BCUT2D eigenvalue weighted by atomic mass is 10.2. The van der Waals surface area contributed by atoms with Crippen molar-refractivity contribution < 1.29 is 9.53 Å². The van der Waals surface area contributed by atoms with Crippen molar-refractivity contribution in [3.63, 3.8) is 0 Å². The van der Waals surface area contributed by atoms with Crippen LogP contribution in [0.5, 0.6) is 5.75 Å². The van der Waals surface area contributed by atoms with Crippen LogP contribution in [0.2, 0.25) is 0 Å². The fourth-order valence-electron chi connectivity index (χ4n) is 3.81. The number of para-hydroxylation sites is 2. The first-order valence-electron chi connectivity index (χ1n) is 12.0. The molecule has 5 aromatic rings. The van der Waals surface area contributed by atoms with Gasteiger partial charge in [-0.2, -0.15) is 5.10 Å². The summed E-state index contributed by atoms with van der Waals surface area (Å²) in [5.74, 6) is 0.795. The highest BCUT2D eigenvalue weighted by atomic mass is 32.2. The molecule has 0 aliphatic heterocycles. The number of nitrogens with zero attached hydrogens (tertiary/aromatic N) is 3. The molecule has 0 unspecified atom stereocenters. The molecule has 5 rings (SSSR count). The molecule has 7 heteroatoms. The molecule has 0 spiro atoms. The summed E-state index contributed by atoms with van der Waals surface area (Å²) in [5, 5.41) is 4.91. The standard InChI is InChI=1S/C30H26N4O2S/c35-29(33-31-19-23-15-17-26(18-16-23)36-21-25-11-5-2-6-12-25)22-37-30-32-27-13-7-8-14-28(27)34(30)20-24-9-3-1-4-10-24/h1-19H,20-22H2,(H,33,35). The molecule has 0 bridgehead atoms. The molecule has 0 radical (unpaired) electrons. The zero-order valence-corrected chi connectivity index (χ0v) is 21.0. The smallest absolute Gasteiger partial charge is 0.250 e. The molecule has 0 saturated carbocycles. The summed E-state index contributed by atoms with van der Waals surface area (Å²) in [6.45, 7) is 1.20. The summed E-state index contributed by atoms with van der Waals surface area (Å²) >= 11 is 1.40. The molecule has 1 amide bonds. The number of aromatic nitrogens is 2. The topological polar surface area (TPSA) is 68.5 Å². The molecule has 1 N–H and O–H groups in total. The van der Waals surface area contributed by atoms with Gasteiger partial charge in [-0.25, -0.2) is 10.4 Å². The second kappa shape index (κ2) is 12.1. The van der Waals surface area contributed by atoms with Crippen molar-refractivity contribution in [2.75, 3.05) is 5.75 Å². The van der Waals surface area contributed by atoms with Gasteiger partial charge in [-0.3, -0.25) is 4.79 Å². The number of rotatable bonds is 10. The number of hydrazone groups is 1. The zero-order valence-electron chi connectivity index (χ0n) is 20.2. The Bertz CT molecular complexity index is 1480. The maximum Gasteiger partial charge on any atom is 0.250 e. The van der Waals surface area contributed by atoms with Gasteiger partial charge in [0, 0.05) is 0 Å². The van der Waals surface area contributed by atoms with Crippen LogP contribution in [0, 0.1) is 0 Å². The third kappa shape index (κ3) is 6.65. The number of carbonyl (C=O) groups is 1. The van der Waals surface area contributed by atoms with E-state index in [1.54, 1.807) is 6.21 Å². The predicted molar refractivity (Wildman–Crippen MR) is 149 cm³/mol. The highest BCUT2D eigenvalue weighted by Gasteiger charge is 2.13. The summed E-state index contributed by atoms with van der Waals surface area (Å²) in [6, 6.07) is 35.9. The number of hydrogen-bond donors (Lipinski definition) is 1. The second-order valence-corrected chi connectivity index (χ2v) is 9.32. The summed E-state index contributed by atoms with van der Waals surface area (Å²) < 4.78 is 7.95. The lowest BCUT2D eigenvalue weighted by molar-refractivity contribution is -0.118. The number of ether oxygens (including phenoxy) is 1. The van der Waals surface area contributed by atoms with E-state index in [0.717, 1.165) is 33.1 Å². The Balaban J connectivity index is 1.15. The Morgan fingerprint density at radius 3 is 2.30 bits per heavy atom. The molecule has 0 aliphatic rings. The average molecular weight is 507 g/mol. The minimum Gasteiger partial charge on any atom is -0.489 e. The minimum atomic E-state index is -0.192. The van der Waals surface area contributed by atoms with Gasteiger partial charge in [-0.15, -0.1) is 0 Å². The average Bonchev–Trinajstić information content (AvgIpc) is 3.30. The first kappa shape index (κ1) is 24.3. The summed E-state index contributed by atoms with van der Waals surface area (Å²) in [5.41, 5.74) is 7.72. The summed E-state index contributed by atoms with van der Waals surface area (Å²) in [6.07, 6.45) is 1.62. The summed E-state index contributed by atoms with van der Waals surface area (Å²) in [4.78, 5) is 17.2. The highest BCUT2D eigenvalue weighted by Crippen LogP contribution is 2.25. The van der Waals surface area contributed by atoms with Crippen LogP contribution in [0.1, 0.15) is 16.7 Å². The number of amides is 1. The SMILES string of the molecule is O=C(CSc1nc2ccccc2n1Cc1ccccc1)NN=Cc1ccc(OCc2ccccc2)cc1. The quantitative estimate of drug-likeness (QED) is 0.145. The van der Waals surface area contributed by atoms with Crippen LogP contribution in [0.15, 0.2) is 119 Å². The molecule has 0 aliphatic carbocycles. The van der Waals surface area contributed by atoms with Gasteiger partial charge in [0.2, 0.25) is 0 Å². The second-order valence-electron chi connectivity index (χ2n) is 8.38. The number of nitrogens with one attached hydrogen (secondary N) is 1. The minimum absolute atomic E-state index is 0.192. The van der Waals surface area contributed by atoms with E-state index in [9.17, 15) is 4.79 Å². The van der Waals surface area contributed by atoms with E-state index < -0.39 is 0 Å². The number of fused-ring (bicyclic) bond motifs is 1. The lowest BCUT2D eigenvalue weighted by Gasteiger charge is -2.09. The van der Waals surface area contributed by atoms with Crippen LogP contribution in [0.3, 0.4) is 0 Å². The molecule has 6 nitrogen and oxygen atoms in total.